The Labute approximate surface area is 159 Å². The first kappa shape index (κ1) is 18.2. The molecule has 0 spiro atoms. The molecular formula is C18H17N3O3S2. The fraction of sp³-hybridized carbons (Fsp3) is 0.167. The molecule has 0 aliphatic carbocycles. The van der Waals surface area contributed by atoms with E-state index in [0.29, 0.717) is 11.5 Å². The second-order valence-corrected chi connectivity index (χ2v) is 7.43. The summed E-state index contributed by atoms with van der Waals surface area (Å²) in [5.74, 6) is 1.37. The van der Waals surface area contributed by atoms with Gasteiger partial charge in [0.25, 0.3) is 5.91 Å². The zero-order valence-corrected chi connectivity index (χ0v) is 15.9. The van der Waals surface area contributed by atoms with Gasteiger partial charge in [0.2, 0.25) is 0 Å². The molecule has 0 aliphatic heterocycles. The molecule has 1 amide bonds. The van der Waals surface area contributed by atoms with E-state index in [9.17, 15) is 4.79 Å². The molecule has 1 aromatic heterocycles. The molecule has 0 saturated carbocycles. The van der Waals surface area contributed by atoms with Crippen molar-refractivity contribution in [2.75, 3.05) is 20.0 Å². The number of hydrogen-bond acceptors (Lipinski definition) is 7. The van der Waals surface area contributed by atoms with Gasteiger partial charge in [-0.15, -0.1) is 11.3 Å². The molecular weight excluding hydrogens is 370 g/mol. The highest BCUT2D eigenvalue weighted by Gasteiger charge is 2.07. The molecule has 2 aromatic carbocycles. The van der Waals surface area contributed by atoms with E-state index in [4.69, 9.17) is 9.47 Å². The number of nitrogens with zero attached hydrogens (tertiary/aromatic N) is 2. The predicted octanol–water partition coefficient (Wildman–Crippen LogP) is 3.56. The topological polar surface area (TPSA) is 72.8 Å². The van der Waals surface area contributed by atoms with E-state index < -0.39 is 0 Å². The van der Waals surface area contributed by atoms with Crippen LogP contribution >= 0.6 is 23.1 Å². The summed E-state index contributed by atoms with van der Waals surface area (Å²) in [6.45, 7) is 0. The van der Waals surface area contributed by atoms with Crippen LogP contribution in [0.4, 0.5) is 0 Å². The lowest BCUT2D eigenvalue weighted by Gasteiger charge is -2.05. The largest absolute Gasteiger partial charge is 0.497 e. The van der Waals surface area contributed by atoms with Crippen LogP contribution in [0.25, 0.3) is 10.2 Å². The van der Waals surface area contributed by atoms with Crippen molar-refractivity contribution >= 4 is 45.4 Å². The normalized spacial score (nSPS) is 11.0. The molecule has 0 aliphatic rings. The molecule has 6 nitrogen and oxygen atoms in total. The number of carbonyl (C=O) groups is 1. The van der Waals surface area contributed by atoms with Crippen molar-refractivity contribution in [3.8, 4) is 11.5 Å². The number of carbonyl (C=O) groups excluding carboxylic acids is 1. The van der Waals surface area contributed by atoms with Gasteiger partial charge in [-0.25, -0.2) is 10.4 Å². The lowest BCUT2D eigenvalue weighted by Crippen LogP contribution is -2.19. The Hall–Kier alpha value is -2.58. The van der Waals surface area contributed by atoms with E-state index in [-0.39, 0.29) is 11.7 Å². The van der Waals surface area contributed by atoms with Crippen molar-refractivity contribution < 1.29 is 14.3 Å². The van der Waals surface area contributed by atoms with Gasteiger partial charge in [0, 0.05) is 11.6 Å². The molecule has 0 unspecified atom stereocenters. The molecule has 1 N–H and O–H groups in total. The summed E-state index contributed by atoms with van der Waals surface area (Å²) in [7, 11) is 3.16. The number of nitrogens with one attached hydrogen (secondary N) is 1. The molecule has 3 aromatic rings. The van der Waals surface area contributed by atoms with Gasteiger partial charge in [0.1, 0.15) is 11.5 Å². The standard InChI is InChI=1S/C18H17N3O3S2/c1-23-13-7-12(8-14(9-13)24-2)10-19-21-17(22)11-25-18-20-15-5-3-4-6-16(15)26-18/h3-10H,11H2,1-2H3,(H,21,22)/b19-10+. The summed E-state index contributed by atoms with van der Waals surface area (Å²) in [5.41, 5.74) is 4.23. The van der Waals surface area contributed by atoms with Crippen molar-refractivity contribution in [2.45, 2.75) is 4.34 Å². The van der Waals surface area contributed by atoms with Crippen LogP contribution in [0.15, 0.2) is 51.9 Å². The van der Waals surface area contributed by atoms with Crippen molar-refractivity contribution in [1.29, 1.82) is 0 Å². The maximum atomic E-state index is 11.9. The third-order valence-corrected chi connectivity index (χ3v) is 5.56. The number of hydrazone groups is 1. The molecule has 8 heteroatoms. The first-order valence-corrected chi connectivity index (χ1v) is 9.51. The van der Waals surface area contributed by atoms with Crippen LogP contribution in [0.5, 0.6) is 11.5 Å². The van der Waals surface area contributed by atoms with Crippen LogP contribution in [-0.2, 0) is 4.79 Å². The number of para-hydroxylation sites is 1. The third-order valence-electron chi connectivity index (χ3n) is 3.38. The summed E-state index contributed by atoms with van der Waals surface area (Å²) in [4.78, 5) is 16.4. The summed E-state index contributed by atoms with van der Waals surface area (Å²) in [6, 6.07) is 13.3. The Balaban J connectivity index is 1.54. The van der Waals surface area contributed by atoms with Crippen LogP contribution in [-0.4, -0.2) is 37.1 Å². The molecule has 1 heterocycles. The summed E-state index contributed by atoms with van der Waals surface area (Å²) in [6.07, 6.45) is 1.55. The van der Waals surface area contributed by atoms with E-state index in [0.717, 1.165) is 20.1 Å². The fourth-order valence-corrected chi connectivity index (χ4v) is 4.02. The molecule has 0 atom stereocenters. The van der Waals surface area contributed by atoms with Gasteiger partial charge in [0.15, 0.2) is 4.34 Å². The maximum absolute atomic E-state index is 11.9. The van der Waals surface area contributed by atoms with Gasteiger partial charge in [-0.05, 0) is 24.3 Å². The maximum Gasteiger partial charge on any atom is 0.250 e. The van der Waals surface area contributed by atoms with E-state index >= 15 is 0 Å². The zero-order valence-electron chi connectivity index (χ0n) is 14.3. The van der Waals surface area contributed by atoms with Gasteiger partial charge < -0.3 is 9.47 Å². The Morgan fingerprint density at radius 1 is 1.23 bits per heavy atom. The van der Waals surface area contributed by atoms with Gasteiger partial charge in [0.05, 0.1) is 36.4 Å². The highest BCUT2D eigenvalue weighted by Crippen LogP contribution is 2.29. The van der Waals surface area contributed by atoms with Crippen LogP contribution in [0.1, 0.15) is 5.56 Å². The van der Waals surface area contributed by atoms with Crippen molar-refractivity contribution in [3.05, 3.63) is 48.0 Å². The van der Waals surface area contributed by atoms with Crippen LogP contribution in [0.3, 0.4) is 0 Å². The Bertz CT molecular complexity index is 885. The van der Waals surface area contributed by atoms with Crippen molar-refractivity contribution in [3.63, 3.8) is 0 Å². The highest BCUT2D eigenvalue weighted by atomic mass is 32.2. The number of fused-ring (bicyclic) bond motifs is 1. The second-order valence-electron chi connectivity index (χ2n) is 5.18. The zero-order chi connectivity index (χ0) is 18.4. The van der Waals surface area contributed by atoms with Crippen LogP contribution in [0, 0.1) is 0 Å². The van der Waals surface area contributed by atoms with E-state index in [1.165, 1.54) is 11.8 Å². The Morgan fingerprint density at radius 2 is 1.96 bits per heavy atom. The monoisotopic (exact) mass is 387 g/mol. The van der Waals surface area contributed by atoms with Gasteiger partial charge >= 0.3 is 0 Å². The lowest BCUT2D eigenvalue weighted by molar-refractivity contribution is -0.118. The summed E-state index contributed by atoms with van der Waals surface area (Å²) in [5, 5.41) is 3.98. The molecule has 0 bridgehead atoms. The molecule has 0 radical (unpaired) electrons. The summed E-state index contributed by atoms with van der Waals surface area (Å²) < 4.78 is 12.4. The number of amides is 1. The SMILES string of the molecule is COc1cc(/C=N/NC(=O)CSc2nc3ccccc3s2)cc(OC)c1. The second kappa shape index (κ2) is 8.68. The molecule has 134 valence electrons. The van der Waals surface area contributed by atoms with Gasteiger partial charge in [-0.1, -0.05) is 23.9 Å². The number of benzene rings is 2. The smallest absolute Gasteiger partial charge is 0.250 e. The average Bonchev–Trinajstić information content (AvgIpc) is 3.09. The van der Waals surface area contributed by atoms with Crippen LogP contribution < -0.4 is 14.9 Å². The van der Waals surface area contributed by atoms with Crippen molar-refractivity contribution in [2.24, 2.45) is 5.10 Å². The lowest BCUT2D eigenvalue weighted by atomic mass is 10.2. The van der Waals surface area contributed by atoms with Gasteiger partial charge in [-0.2, -0.15) is 5.10 Å². The number of hydrogen-bond donors (Lipinski definition) is 1. The minimum atomic E-state index is -0.194. The number of thiazole rings is 1. The number of rotatable bonds is 7. The van der Waals surface area contributed by atoms with Crippen LogP contribution in [0.2, 0.25) is 0 Å². The number of thioether (sulfide) groups is 1. The number of aromatic nitrogens is 1. The summed E-state index contributed by atoms with van der Waals surface area (Å²) >= 11 is 2.97. The Kier molecular flexibility index (Phi) is 6.08. The first-order chi connectivity index (χ1) is 12.7. The predicted molar refractivity (Wildman–Crippen MR) is 106 cm³/mol. The molecule has 0 fully saturated rings. The molecule has 26 heavy (non-hydrogen) atoms. The minimum absolute atomic E-state index is 0.194. The molecule has 3 rings (SSSR count). The van der Waals surface area contributed by atoms with E-state index in [1.807, 2.05) is 24.3 Å². The third kappa shape index (κ3) is 4.74. The average molecular weight is 387 g/mol. The first-order valence-electron chi connectivity index (χ1n) is 7.71. The van der Waals surface area contributed by atoms with Gasteiger partial charge in [-0.3, -0.25) is 4.79 Å². The van der Waals surface area contributed by atoms with Crippen molar-refractivity contribution in [1.82, 2.24) is 10.4 Å². The number of ether oxygens (including phenoxy) is 2. The highest BCUT2D eigenvalue weighted by molar-refractivity contribution is 8.01. The van der Waals surface area contributed by atoms with E-state index in [2.05, 4.69) is 15.5 Å². The quantitative estimate of drug-likeness (QED) is 0.381. The Morgan fingerprint density at radius 3 is 2.65 bits per heavy atom. The fourth-order valence-electron chi connectivity index (χ4n) is 2.16. The number of methoxy groups -OCH3 is 2. The minimum Gasteiger partial charge on any atom is -0.497 e. The molecule has 0 saturated heterocycles. The van der Waals surface area contributed by atoms with E-state index in [1.54, 1.807) is 50.0 Å².